The van der Waals surface area contributed by atoms with Gasteiger partial charge in [-0.3, -0.25) is 18.8 Å². The second-order valence-corrected chi connectivity index (χ2v) is 8.70. The highest BCUT2D eigenvalue weighted by molar-refractivity contribution is 6.05. The Balaban J connectivity index is 1.54. The van der Waals surface area contributed by atoms with Crippen molar-refractivity contribution in [3.05, 3.63) is 46.5 Å². The quantitative estimate of drug-likeness (QED) is 0.393. The molecule has 0 saturated carbocycles. The van der Waals surface area contributed by atoms with Gasteiger partial charge in [-0.15, -0.1) is 0 Å². The number of fused-ring (bicyclic) bond motifs is 2. The number of halogens is 5. The second kappa shape index (κ2) is 8.10. The molecule has 0 unspecified atom stereocenters. The molecular weight excluding hydrogens is 487 g/mol. The van der Waals surface area contributed by atoms with Crippen molar-refractivity contribution < 1.29 is 26.7 Å². The van der Waals surface area contributed by atoms with E-state index in [-0.39, 0.29) is 23.4 Å². The van der Waals surface area contributed by atoms with Crippen LogP contribution in [0.5, 0.6) is 0 Å². The van der Waals surface area contributed by atoms with Crippen LogP contribution in [0.25, 0.3) is 22.4 Å². The Labute approximate surface area is 201 Å². The summed E-state index contributed by atoms with van der Waals surface area (Å²) in [4.78, 5) is 19.0. The summed E-state index contributed by atoms with van der Waals surface area (Å²) in [7, 11) is 4.37. The van der Waals surface area contributed by atoms with Crippen LogP contribution in [-0.2, 0) is 33.7 Å². The fraction of sp³-hybridized carbons (Fsp3) is 0.409. The molecule has 14 heteroatoms. The van der Waals surface area contributed by atoms with E-state index in [4.69, 9.17) is 0 Å². The maximum absolute atomic E-state index is 13.6. The minimum atomic E-state index is -4.56. The summed E-state index contributed by atoms with van der Waals surface area (Å²) in [5.41, 5.74) is 0.560. The van der Waals surface area contributed by atoms with Crippen LogP contribution in [-0.4, -0.2) is 51.7 Å². The third-order valence-corrected chi connectivity index (χ3v) is 6.49. The molecule has 190 valence electrons. The summed E-state index contributed by atoms with van der Waals surface area (Å²) >= 11 is 0. The number of carbonyl (C=O) groups excluding carboxylic acids is 1. The van der Waals surface area contributed by atoms with E-state index in [0.29, 0.717) is 28.8 Å². The number of rotatable bonds is 3. The van der Waals surface area contributed by atoms with Crippen LogP contribution in [0.4, 0.5) is 22.0 Å². The van der Waals surface area contributed by atoms with Crippen molar-refractivity contribution in [2.75, 3.05) is 6.54 Å². The molecule has 0 saturated heterocycles. The van der Waals surface area contributed by atoms with Crippen molar-refractivity contribution in [2.45, 2.75) is 32.0 Å². The molecular formula is C22H21F5N8O. The van der Waals surface area contributed by atoms with Crippen LogP contribution in [0.2, 0.25) is 0 Å². The summed E-state index contributed by atoms with van der Waals surface area (Å²) in [5, 5.41) is 12.9. The zero-order chi connectivity index (χ0) is 26.1. The first-order chi connectivity index (χ1) is 16.9. The average Bonchev–Trinajstić information content (AvgIpc) is 3.47. The lowest BCUT2D eigenvalue weighted by atomic mass is 9.96. The molecule has 4 aromatic heterocycles. The molecule has 5 rings (SSSR count). The van der Waals surface area contributed by atoms with E-state index in [1.54, 1.807) is 21.0 Å². The molecule has 9 nitrogen and oxygen atoms in total. The normalized spacial score (nSPS) is 16.3. The predicted molar refractivity (Wildman–Crippen MR) is 117 cm³/mol. The van der Waals surface area contributed by atoms with Gasteiger partial charge in [0.25, 0.3) is 12.3 Å². The molecule has 1 amide bonds. The first-order valence-corrected chi connectivity index (χ1v) is 11.0. The van der Waals surface area contributed by atoms with Gasteiger partial charge in [-0.25, -0.2) is 13.8 Å². The Hall–Kier alpha value is -3.84. The van der Waals surface area contributed by atoms with Gasteiger partial charge in [0, 0.05) is 33.3 Å². The number of hydrogen-bond donors (Lipinski definition) is 0. The largest absolute Gasteiger partial charge is 0.433 e. The third-order valence-electron chi connectivity index (χ3n) is 6.49. The Morgan fingerprint density at radius 2 is 1.81 bits per heavy atom. The standard InChI is InChI=1S/C22H21F5N8O/c1-10-17-11(18(33(3)31-17)14-8-16(22(25,26)27)32(2)30-14)5-6-35(10)21(36)12-7-15(19(23)24)29-20-13(12)9-28-34(20)4/h7-10,19H,5-6H2,1-4H3/t10-/m0/s1. The zero-order valence-electron chi connectivity index (χ0n) is 19.7. The van der Waals surface area contributed by atoms with E-state index in [2.05, 4.69) is 20.3 Å². The molecule has 0 radical (unpaired) electrons. The van der Waals surface area contributed by atoms with Gasteiger partial charge >= 0.3 is 6.18 Å². The molecule has 0 spiro atoms. The van der Waals surface area contributed by atoms with Gasteiger partial charge in [-0.1, -0.05) is 0 Å². The van der Waals surface area contributed by atoms with Gasteiger partial charge in [-0.2, -0.15) is 28.5 Å². The topological polar surface area (TPSA) is 86.7 Å². The molecule has 0 N–H and O–H groups in total. The van der Waals surface area contributed by atoms with Crippen LogP contribution in [0.1, 0.15) is 52.4 Å². The fourth-order valence-corrected chi connectivity index (χ4v) is 4.77. The smallest absolute Gasteiger partial charge is 0.330 e. The number of alkyl halides is 5. The summed E-state index contributed by atoms with van der Waals surface area (Å²) in [6, 6.07) is 1.48. The first kappa shape index (κ1) is 23.9. The summed E-state index contributed by atoms with van der Waals surface area (Å²) in [6.07, 6.45) is -5.73. The predicted octanol–water partition coefficient (Wildman–Crippen LogP) is 3.82. The van der Waals surface area contributed by atoms with E-state index in [0.717, 1.165) is 16.8 Å². The van der Waals surface area contributed by atoms with Gasteiger partial charge in [0.05, 0.1) is 34.6 Å². The maximum atomic E-state index is 13.6. The number of hydrogen-bond acceptors (Lipinski definition) is 5. The van der Waals surface area contributed by atoms with Crippen molar-refractivity contribution in [3.63, 3.8) is 0 Å². The number of aryl methyl sites for hydroxylation is 3. The van der Waals surface area contributed by atoms with Crippen LogP contribution in [0.3, 0.4) is 0 Å². The highest BCUT2D eigenvalue weighted by Gasteiger charge is 2.38. The van der Waals surface area contributed by atoms with Crippen molar-refractivity contribution >= 4 is 16.9 Å². The SMILES string of the molecule is C[C@H]1c2nn(C)c(-c3cc(C(F)(F)F)n(C)n3)c2CCN1C(=O)c1cc(C(F)F)nc2c1cnn2C. The Bertz CT molecular complexity index is 1500. The van der Waals surface area contributed by atoms with E-state index in [1.165, 1.54) is 27.5 Å². The molecule has 5 heterocycles. The number of amides is 1. The highest BCUT2D eigenvalue weighted by atomic mass is 19.4. The molecule has 1 aliphatic heterocycles. The molecule has 0 aliphatic carbocycles. The van der Waals surface area contributed by atoms with E-state index >= 15 is 0 Å². The number of aromatic nitrogens is 7. The van der Waals surface area contributed by atoms with Gasteiger partial charge in [0.15, 0.2) is 5.65 Å². The summed E-state index contributed by atoms with van der Waals surface area (Å²) in [5.74, 6) is -0.486. The highest BCUT2D eigenvalue weighted by Crippen LogP contribution is 2.38. The molecule has 1 atom stereocenters. The van der Waals surface area contributed by atoms with E-state index in [9.17, 15) is 26.7 Å². The minimum Gasteiger partial charge on any atom is -0.330 e. The average molecular weight is 508 g/mol. The monoisotopic (exact) mass is 508 g/mol. The van der Waals surface area contributed by atoms with Gasteiger partial charge < -0.3 is 4.90 Å². The molecule has 36 heavy (non-hydrogen) atoms. The lowest BCUT2D eigenvalue weighted by molar-refractivity contribution is -0.143. The first-order valence-electron chi connectivity index (χ1n) is 11.0. The number of pyridine rings is 1. The van der Waals surface area contributed by atoms with E-state index in [1.807, 2.05) is 0 Å². The van der Waals surface area contributed by atoms with Gasteiger partial charge in [0.2, 0.25) is 0 Å². The van der Waals surface area contributed by atoms with Crippen LogP contribution in [0.15, 0.2) is 18.3 Å². The van der Waals surface area contributed by atoms with Crippen molar-refractivity contribution in [3.8, 4) is 11.4 Å². The van der Waals surface area contributed by atoms with Crippen molar-refractivity contribution in [2.24, 2.45) is 21.1 Å². The maximum Gasteiger partial charge on any atom is 0.433 e. The zero-order valence-corrected chi connectivity index (χ0v) is 19.7. The molecule has 0 bridgehead atoms. The van der Waals surface area contributed by atoms with Gasteiger partial charge in [-0.05, 0) is 25.5 Å². The second-order valence-electron chi connectivity index (χ2n) is 8.70. The van der Waals surface area contributed by atoms with E-state index < -0.39 is 35.9 Å². The third kappa shape index (κ3) is 3.62. The number of nitrogens with zero attached hydrogens (tertiary/aromatic N) is 8. The Morgan fingerprint density at radius 1 is 1.08 bits per heavy atom. The lowest BCUT2D eigenvalue weighted by Gasteiger charge is -2.33. The summed E-state index contributed by atoms with van der Waals surface area (Å²) in [6.45, 7) is 1.95. The molecule has 0 aromatic carbocycles. The lowest BCUT2D eigenvalue weighted by Crippen LogP contribution is -2.39. The van der Waals surface area contributed by atoms with Crippen LogP contribution < -0.4 is 0 Å². The van der Waals surface area contributed by atoms with Crippen LogP contribution >= 0.6 is 0 Å². The molecule has 1 aliphatic rings. The Morgan fingerprint density at radius 3 is 2.44 bits per heavy atom. The molecule has 0 fully saturated rings. The number of carbonyl (C=O) groups is 1. The van der Waals surface area contributed by atoms with Crippen LogP contribution in [0, 0.1) is 0 Å². The minimum absolute atomic E-state index is 0.0504. The fourth-order valence-electron chi connectivity index (χ4n) is 4.77. The Kier molecular flexibility index (Phi) is 5.37. The summed E-state index contributed by atoms with van der Waals surface area (Å²) < 4.78 is 70.5. The van der Waals surface area contributed by atoms with Gasteiger partial charge in [0.1, 0.15) is 17.1 Å². The van der Waals surface area contributed by atoms with Crippen molar-refractivity contribution in [1.29, 1.82) is 0 Å². The van der Waals surface area contributed by atoms with Crippen molar-refractivity contribution in [1.82, 2.24) is 39.2 Å². The molecule has 4 aromatic rings.